The Morgan fingerprint density at radius 2 is 1.68 bits per heavy atom. The van der Waals surface area contributed by atoms with Crippen molar-refractivity contribution in [1.82, 2.24) is 23.7 Å². The largest absolute Gasteiger partial charge is 0.320 e. The van der Waals surface area contributed by atoms with Crippen molar-refractivity contribution in [3.05, 3.63) is 59.8 Å². The number of fused-ring (bicyclic) bond motifs is 2. The van der Waals surface area contributed by atoms with Crippen LogP contribution in [0.4, 0.5) is 4.39 Å². The average Bonchev–Trinajstić information content (AvgIpc) is 3.38. The van der Waals surface area contributed by atoms with E-state index in [1.54, 1.807) is 6.07 Å². The minimum absolute atomic E-state index is 0.264. The van der Waals surface area contributed by atoms with Crippen LogP contribution in [0, 0.1) is 12.7 Å². The number of halogens is 1. The first-order chi connectivity index (χ1) is 15.1. The van der Waals surface area contributed by atoms with Gasteiger partial charge >= 0.3 is 0 Å². The minimum atomic E-state index is -0.264. The Kier molecular flexibility index (Phi) is 4.39. The van der Waals surface area contributed by atoms with Crippen LogP contribution in [0.5, 0.6) is 0 Å². The Labute approximate surface area is 181 Å². The van der Waals surface area contributed by atoms with Crippen LogP contribution in [-0.2, 0) is 6.42 Å². The molecule has 0 N–H and O–H groups in total. The topological polar surface area (TPSA) is 37.8 Å². The Balaban J connectivity index is 1.34. The van der Waals surface area contributed by atoms with E-state index in [0.717, 1.165) is 72.1 Å². The summed E-state index contributed by atoms with van der Waals surface area (Å²) in [6, 6.07) is 4.55. The molecular formula is C25H28FN5. The van der Waals surface area contributed by atoms with Gasteiger partial charge in [-0.3, -0.25) is 4.98 Å². The molecule has 0 radical (unpaired) electrons. The number of pyridine rings is 1. The van der Waals surface area contributed by atoms with Gasteiger partial charge in [-0.15, -0.1) is 0 Å². The van der Waals surface area contributed by atoms with E-state index < -0.39 is 0 Å². The lowest BCUT2D eigenvalue weighted by Crippen LogP contribution is -2.34. The van der Waals surface area contributed by atoms with E-state index in [9.17, 15) is 0 Å². The highest BCUT2D eigenvalue weighted by molar-refractivity contribution is 5.72. The maximum absolute atomic E-state index is 15.0. The van der Waals surface area contributed by atoms with E-state index in [2.05, 4.69) is 33.5 Å². The fraction of sp³-hybridized carbons (Fsp3) is 0.440. The molecule has 1 aliphatic heterocycles. The molecule has 1 saturated carbocycles. The zero-order valence-corrected chi connectivity index (χ0v) is 18.2. The molecular weight excluding hydrogens is 389 g/mol. The van der Waals surface area contributed by atoms with E-state index in [1.807, 2.05) is 29.9 Å². The highest BCUT2D eigenvalue weighted by Gasteiger charge is 2.32. The Morgan fingerprint density at radius 3 is 2.42 bits per heavy atom. The molecule has 0 bridgehead atoms. The predicted octanol–water partition coefficient (Wildman–Crippen LogP) is 5.00. The third-order valence-corrected chi connectivity index (χ3v) is 6.99. The highest BCUT2D eigenvalue weighted by atomic mass is 19.1. The maximum Gasteiger partial charge on any atom is 0.173 e. The molecule has 2 aliphatic rings. The van der Waals surface area contributed by atoms with Crippen molar-refractivity contribution < 1.29 is 4.39 Å². The monoisotopic (exact) mass is 417 g/mol. The Morgan fingerprint density at radius 1 is 0.935 bits per heavy atom. The van der Waals surface area contributed by atoms with Gasteiger partial charge in [0.25, 0.3) is 0 Å². The molecule has 0 amide bonds. The summed E-state index contributed by atoms with van der Waals surface area (Å²) < 4.78 is 19.0. The summed E-state index contributed by atoms with van der Waals surface area (Å²) in [7, 11) is 0. The number of imidazole rings is 1. The van der Waals surface area contributed by atoms with Gasteiger partial charge in [-0.25, -0.2) is 9.37 Å². The van der Waals surface area contributed by atoms with Gasteiger partial charge in [0.15, 0.2) is 11.5 Å². The SMILES string of the molecule is CCc1nc(C)cn2cc(-c3cc(F)c4nc(C5CCN(C6CC6)CC5)cn4c3)cc12. The molecule has 1 saturated heterocycles. The van der Waals surface area contributed by atoms with Crippen LogP contribution < -0.4 is 0 Å². The first kappa shape index (κ1) is 19.0. The molecule has 1 aliphatic carbocycles. The predicted molar refractivity (Wildman–Crippen MR) is 120 cm³/mol. The number of aryl methyl sites for hydroxylation is 2. The molecule has 5 heterocycles. The maximum atomic E-state index is 15.0. The summed E-state index contributed by atoms with van der Waals surface area (Å²) in [5.74, 6) is 0.162. The number of nitrogens with zero attached hydrogens (tertiary/aromatic N) is 5. The molecule has 2 fully saturated rings. The normalized spacial score (nSPS) is 18.4. The lowest BCUT2D eigenvalue weighted by Gasteiger charge is -2.31. The molecule has 6 heteroatoms. The minimum Gasteiger partial charge on any atom is -0.320 e. The molecule has 5 nitrogen and oxygen atoms in total. The lowest BCUT2D eigenvalue weighted by molar-refractivity contribution is 0.202. The van der Waals surface area contributed by atoms with Crippen molar-refractivity contribution in [2.24, 2.45) is 0 Å². The van der Waals surface area contributed by atoms with E-state index in [4.69, 9.17) is 4.98 Å². The van der Waals surface area contributed by atoms with Crippen molar-refractivity contribution in [3.63, 3.8) is 0 Å². The van der Waals surface area contributed by atoms with Gasteiger partial charge in [0, 0.05) is 47.9 Å². The average molecular weight is 418 g/mol. The molecule has 31 heavy (non-hydrogen) atoms. The van der Waals surface area contributed by atoms with Crippen LogP contribution in [0.1, 0.15) is 55.6 Å². The van der Waals surface area contributed by atoms with E-state index >= 15 is 4.39 Å². The summed E-state index contributed by atoms with van der Waals surface area (Å²) >= 11 is 0. The molecule has 6 rings (SSSR count). The highest BCUT2D eigenvalue weighted by Crippen LogP contribution is 2.35. The van der Waals surface area contributed by atoms with Crippen LogP contribution in [-0.4, -0.2) is 42.8 Å². The molecule has 0 spiro atoms. The van der Waals surface area contributed by atoms with Crippen molar-refractivity contribution in [2.45, 2.75) is 57.9 Å². The number of aromatic nitrogens is 4. The van der Waals surface area contributed by atoms with Crippen LogP contribution in [0.3, 0.4) is 0 Å². The van der Waals surface area contributed by atoms with Crippen molar-refractivity contribution in [2.75, 3.05) is 13.1 Å². The van der Waals surface area contributed by atoms with E-state index in [-0.39, 0.29) is 5.82 Å². The van der Waals surface area contributed by atoms with Crippen molar-refractivity contribution in [3.8, 4) is 11.1 Å². The smallest absolute Gasteiger partial charge is 0.173 e. The third-order valence-electron chi connectivity index (χ3n) is 6.99. The van der Waals surface area contributed by atoms with Gasteiger partial charge in [0.2, 0.25) is 0 Å². The standard InChI is InChI=1S/C25H28FN5/c1-3-22-24-11-19(13-30(24)12-16(2)27-22)18-10-21(26)25-28-23(15-31(25)14-18)17-6-8-29(9-7-17)20-4-5-20/h10-15,17,20H,3-9H2,1-2H3. The summed E-state index contributed by atoms with van der Waals surface area (Å²) in [6.07, 6.45) is 14.0. The molecule has 0 atom stereocenters. The number of hydrogen-bond acceptors (Lipinski definition) is 3. The summed E-state index contributed by atoms with van der Waals surface area (Å²) in [6.45, 7) is 6.40. The van der Waals surface area contributed by atoms with E-state index in [1.165, 1.54) is 12.8 Å². The summed E-state index contributed by atoms with van der Waals surface area (Å²) in [5, 5.41) is 0. The van der Waals surface area contributed by atoms with Gasteiger partial charge in [-0.05, 0) is 64.3 Å². The number of piperidine rings is 1. The fourth-order valence-electron chi connectivity index (χ4n) is 5.17. The van der Waals surface area contributed by atoms with Gasteiger partial charge < -0.3 is 13.7 Å². The van der Waals surface area contributed by atoms with Gasteiger partial charge in [0.1, 0.15) is 0 Å². The van der Waals surface area contributed by atoms with Crippen LogP contribution in [0.2, 0.25) is 0 Å². The molecule has 4 aromatic rings. The van der Waals surface area contributed by atoms with Crippen molar-refractivity contribution in [1.29, 1.82) is 0 Å². The number of likely N-dealkylation sites (tertiary alicyclic amines) is 1. The lowest BCUT2D eigenvalue weighted by atomic mass is 9.94. The third kappa shape index (κ3) is 3.33. The number of hydrogen-bond donors (Lipinski definition) is 0. The Bertz CT molecular complexity index is 1270. The molecule has 160 valence electrons. The zero-order chi connectivity index (χ0) is 21.1. The summed E-state index contributed by atoms with van der Waals surface area (Å²) in [5.41, 5.74) is 6.45. The number of rotatable bonds is 4. The Hall–Kier alpha value is -2.73. The molecule has 0 aromatic carbocycles. The second-order valence-electron chi connectivity index (χ2n) is 9.22. The van der Waals surface area contributed by atoms with Crippen LogP contribution in [0.15, 0.2) is 36.9 Å². The summed E-state index contributed by atoms with van der Waals surface area (Å²) in [4.78, 5) is 12.0. The van der Waals surface area contributed by atoms with E-state index in [0.29, 0.717) is 11.6 Å². The van der Waals surface area contributed by atoms with Crippen LogP contribution >= 0.6 is 0 Å². The van der Waals surface area contributed by atoms with Gasteiger partial charge in [-0.1, -0.05) is 6.92 Å². The first-order valence-electron chi connectivity index (χ1n) is 11.5. The first-order valence-corrected chi connectivity index (χ1v) is 11.5. The second-order valence-corrected chi connectivity index (χ2v) is 9.22. The second kappa shape index (κ2) is 7.16. The molecule has 0 unspecified atom stereocenters. The van der Waals surface area contributed by atoms with Gasteiger partial charge in [-0.2, -0.15) is 0 Å². The van der Waals surface area contributed by atoms with Gasteiger partial charge in [0.05, 0.1) is 22.6 Å². The molecule has 4 aromatic heterocycles. The van der Waals surface area contributed by atoms with Crippen molar-refractivity contribution >= 4 is 11.2 Å². The quantitative estimate of drug-likeness (QED) is 0.469. The van der Waals surface area contributed by atoms with Crippen LogP contribution in [0.25, 0.3) is 22.3 Å². The zero-order valence-electron chi connectivity index (χ0n) is 18.2. The fourth-order valence-corrected chi connectivity index (χ4v) is 5.17.